The predicted molar refractivity (Wildman–Crippen MR) is 99.7 cm³/mol. The van der Waals surface area contributed by atoms with Crippen molar-refractivity contribution in [3.63, 3.8) is 0 Å². The molecule has 1 aromatic rings. The molecule has 2 aliphatic heterocycles. The number of hydrogen-bond acceptors (Lipinski definition) is 3. The molecule has 0 radical (unpaired) electrons. The summed E-state index contributed by atoms with van der Waals surface area (Å²) in [6, 6.07) is 5.67. The summed E-state index contributed by atoms with van der Waals surface area (Å²) in [7, 11) is 0. The van der Waals surface area contributed by atoms with Gasteiger partial charge in [0.2, 0.25) is 0 Å². The van der Waals surface area contributed by atoms with Crippen molar-refractivity contribution in [2.24, 2.45) is 5.41 Å². The zero-order valence-corrected chi connectivity index (χ0v) is 15.5. The van der Waals surface area contributed by atoms with Gasteiger partial charge in [0.15, 0.2) is 0 Å². The molecule has 3 nitrogen and oxygen atoms in total. The lowest BCUT2D eigenvalue weighted by Gasteiger charge is -2.42. The second kappa shape index (κ2) is 7.05. The molecule has 1 aliphatic carbocycles. The summed E-state index contributed by atoms with van der Waals surface area (Å²) in [5.41, 5.74) is 0.989. The summed E-state index contributed by atoms with van der Waals surface area (Å²) in [6.07, 6.45) is 7.60. The predicted octanol–water partition coefficient (Wildman–Crippen LogP) is 4.07. The molecule has 5 heteroatoms. The van der Waals surface area contributed by atoms with E-state index in [9.17, 15) is 9.50 Å². The maximum atomic E-state index is 14.4. The van der Waals surface area contributed by atoms with Gasteiger partial charge < -0.3 is 10.0 Å². The number of anilines is 1. The van der Waals surface area contributed by atoms with Gasteiger partial charge in [-0.25, -0.2) is 4.39 Å². The average Bonchev–Trinajstić information content (AvgIpc) is 2.99. The third kappa shape index (κ3) is 3.67. The summed E-state index contributed by atoms with van der Waals surface area (Å²) in [5, 5.41) is 10.2. The van der Waals surface area contributed by atoms with Crippen LogP contribution in [-0.2, 0) is 0 Å². The highest BCUT2D eigenvalue weighted by Crippen LogP contribution is 2.42. The van der Waals surface area contributed by atoms with E-state index in [4.69, 9.17) is 11.6 Å². The number of aliphatic hydroxyl groups excluding tert-OH is 1. The number of benzene rings is 1. The topological polar surface area (TPSA) is 26.7 Å². The van der Waals surface area contributed by atoms with E-state index in [-0.39, 0.29) is 11.9 Å². The van der Waals surface area contributed by atoms with Gasteiger partial charge in [0.25, 0.3) is 0 Å². The van der Waals surface area contributed by atoms with E-state index >= 15 is 0 Å². The van der Waals surface area contributed by atoms with Crippen LogP contribution in [0.3, 0.4) is 0 Å². The van der Waals surface area contributed by atoms with Crippen LogP contribution in [-0.4, -0.2) is 48.3 Å². The fraction of sp³-hybridized carbons (Fsp3) is 0.700. The first-order valence-electron chi connectivity index (χ1n) is 9.67. The van der Waals surface area contributed by atoms with E-state index in [2.05, 4.69) is 9.80 Å². The van der Waals surface area contributed by atoms with Gasteiger partial charge in [0.05, 0.1) is 11.8 Å². The van der Waals surface area contributed by atoms with Gasteiger partial charge in [-0.05, 0) is 69.7 Å². The van der Waals surface area contributed by atoms with E-state index in [1.165, 1.54) is 18.9 Å². The number of aliphatic hydroxyl groups is 1. The molecule has 1 atom stereocenters. The standard InChI is InChI=1S/C20H28ClFN2O/c21-15-2-7-19(18(22)12-15)24-10-1-8-20(14-24)9-11-23(13-20)16-3-5-17(25)6-4-16/h2,7,12,16-17,25H,1,3-6,8-11,13-14H2/t16-,17-,20-/m1/s1. The first-order valence-corrected chi connectivity index (χ1v) is 10.0. The van der Waals surface area contributed by atoms with Gasteiger partial charge in [0, 0.05) is 36.1 Å². The van der Waals surface area contributed by atoms with Gasteiger partial charge in [-0.1, -0.05) is 11.6 Å². The summed E-state index contributed by atoms with van der Waals surface area (Å²) in [6.45, 7) is 4.14. The number of piperidine rings is 1. The van der Waals surface area contributed by atoms with Crippen molar-refractivity contribution >= 4 is 17.3 Å². The maximum absolute atomic E-state index is 14.4. The third-order valence-electron chi connectivity index (χ3n) is 6.56. The van der Waals surface area contributed by atoms with Crippen molar-refractivity contribution in [1.82, 2.24) is 4.90 Å². The van der Waals surface area contributed by atoms with E-state index in [1.54, 1.807) is 6.07 Å². The fourth-order valence-corrected chi connectivity index (χ4v) is 5.35. The highest BCUT2D eigenvalue weighted by molar-refractivity contribution is 6.30. The molecule has 2 saturated heterocycles. The highest BCUT2D eigenvalue weighted by Gasteiger charge is 2.43. The lowest BCUT2D eigenvalue weighted by atomic mass is 9.79. The smallest absolute Gasteiger partial charge is 0.147 e. The summed E-state index contributed by atoms with van der Waals surface area (Å²) in [5.74, 6) is -0.208. The van der Waals surface area contributed by atoms with Crippen LogP contribution < -0.4 is 4.90 Å². The van der Waals surface area contributed by atoms with Crippen LogP contribution >= 0.6 is 11.6 Å². The Morgan fingerprint density at radius 1 is 1.08 bits per heavy atom. The molecule has 3 fully saturated rings. The van der Waals surface area contributed by atoms with Crippen LogP contribution in [0.1, 0.15) is 44.9 Å². The Bertz CT molecular complexity index is 620. The van der Waals surface area contributed by atoms with Crippen LogP contribution in [0.5, 0.6) is 0 Å². The van der Waals surface area contributed by atoms with Gasteiger partial charge in [-0.2, -0.15) is 0 Å². The van der Waals surface area contributed by atoms with E-state index in [1.807, 2.05) is 6.07 Å². The Balaban J connectivity index is 1.44. The van der Waals surface area contributed by atoms with Crippen LogP contribution in [0.15, 0.2) is 18.2 Å². The van der Waals surface area contributed by atoms with Gasteiger partial charge >= 0.3 is 0 Å². The summed E-state index contributed by atoms with van der Waals surface area (Å²) >= 11 is 5.91. The van der Waals surface area contributed by atoms with Crippen molar-refractivity contribution in [3.8, 4) is 0 Å². The lowest BCUT2D eigenvalue weighted by Crippen LogP contribution is -2.46. The Morgan fingerprint density at radius 2 is 1.88 bits per heavy atom. The zero-order valence-electron chi connectivity index (χ0n) is 14.8. The van der Waals surface area contributed by atoms with Crippen molar-refractivity contribution < 1.29 is 9.50 Å². The van der Waals surface area contributed by atoms with E-state index in [0.717, 1.165) is 58.3 Å². The van der Waals surface area contributed by atoms with Gasteiger partial charge in [-0.3, -0.25) is 4.90 Å². The minimum atomic E-state index is -0.208. The molecule has 1 saturated carbocycles. The molecule has 1 spiro atoms. The molecule has 2 heterocycles. The monoisotopic (exact) mass is 366 g/mol. The molecule has 0 unspecified atom stereocenters. The second-order valence-electron chi connectivity index (χ2n) is 8.30. The summed E-state index contributed by atoms with van der Waals surface area (Å²) < 4.78 is 14.4. The quantitative estimate of drug-likeness (QED) is 0.854. The summed E-state index contributed by atoms with van der Waals surface area (Å²) in [4.78, 5) is 4.87. The largest absolute Gasteiger partial charge is 0.393 e. The average molecular weight is 367 g/mol. The molecular formula is C20H28ClFN2O. The minimum absolute atomic E-state index is 0.0918. The normalized spacial score (nSPS) is 34.0. The Morgan fingerprint density at radius 3 is 2.64 bits per heavy atom. The minimum Gasteiger partial charge on any atom is -0.393 e. The van der Waals surface area contributed by atoms with Crippen LogP contribution in [0.2, 0.25) is 5.02 Å². The first kappa shape index (κ1) is 17.6. The Kier molecular flexibility index (Phi) is 4.96. The first-order chi connectivity index (χ1) is 12.0. The number of likely N-dealkylation sites (tertiary alicyclic amines) is 1. The molecule has 25 heavy (non-hydrogen) atoms. The fourth-order valence-electron chi connectivity index (χ4n) is 5.19. The van der Waals surface area contributed by atoms with E-state index in [0.29, 0.717) is 22.2 Å². The number of halogens is 2. The Hall–Kier alpha value is -0.840. The van der Waals surface area contributed by atoms with E-state index < -0.39 is 0 Å². The number of hydrogen-bond donors (Lipinski definition) is 1. The molecule has 4 rings (SSSR count). The number of rotatable bonds is 2. The van der Waals surface area contributed by atoms with Crippen molar-refractivity contribution in [2.45, 2.75) is 57.1 Å². The Labute approximate surface area is 154 Å². The molecule has 1 N–H and O–H groups in total. The molecule has 0 bridgehead atoms. The highest BCUT2D eigenvalue weighted by atomic mass is 35.5. The van der Waals surface area contributed by atoms with Crippen LogP contribution in [0.4, 0.5) is 10.1 Å². The molecule has 1 aromatic carbocycles. The third-order valence-corrected chi connectivity index (χ3v) is 6.80. The molecule has 138 valence electrons. The SMILES string of the molecule is O[C@H]1CC[C@H](N2CC[C@]3(CCCN(c4ccc(Cl)cc4F)C3)C2)CC1. The van der Waals surface area contributed by atoms with Gasteiger partial charge in [-0.15, -0.1) is 0 Å². The van der Waals surface area contributed by atoms with Crippen molar-refractivity contribution in [2.75, 3.05) is 31.1 Å². The molecule has 0 aromatic heterocycles. The number of nitrogens with zero attached hydrogens (tertiary/aromatic N) is 2. The second-order valence-corrected chi connectivity index (χ2v) is 8.74. The maximum Gasteiger partial charge on any atom is 0.147 e. The zero-order chi connectivity index (χ0) is 17.4. The molecule has 0 amide bonds. The van der Waals surface area contributed by atoms with Crippen LogP contribution in [0, 0.1) is 11.2 Å². The molecular weight excluding hydrogens is 339 g/mol. The lowest BCUT2D eigenvalue weighted by molar-refractivity contribution is 0.0770. The van der Waals surface area contributed by atoms with Crippen molar-refractivity contribution in [3.05, 3.63) is 29.0 Å². The van der Waals surface area contributed by atoms with Gasteiger partial charge in [0.1, 0.15) is 5.82 Å². The van der Waals surface area contributed by atoms with Crippen molar-refractivity contribution in [1.29, 1.82) is 0 Å². The van der Waals surface area contributed by atoms with Crippen LogP contribution in [0.25, 0.3) is 0 Å². The molecule has 3 aliphatic rings.